The molecule has 0 atom stereocenters. The van der Waals surface area contributed by atoms with Crippen LogP contribution in [0.5, 0.6) is 0 Å². The quantitative estimate of drug-likeness (QED) is 0.187. The van der Waals surface area contributed by atoms with Crippen molar-refractivity contribution >= 4 is 65.9 Å². The molecule has 2 aliphatic heterocycles. The summed E-state index contributed by atoms with van der Waals surface area (Å²) in [4.78, 5) is 9.94. The molecule has 2 heterocycles. The average Bonchev–Trinajstić information content (AvgIpc) is 3.61. The second-order valence-electron chi connectivity index (χ2n) is 13.2. The van der Waals surface area contributed by atoms with Crippen molar-refractivity contribution in [1.29, 1.82) is 0 Å². The molecule has 0 aromatic heterocycles. The van der Waals surface area contributed by atoms with E-state index in [-0.39, 0.29) is 11.1 Å². The summed E-state index contributed by atoms with van der Waals surface area (Å²) in [5.74, 6) is 2.06. The first-order valence-electron chi connectivity index (χ1n) is 15.3. The molecule has 44 heavy (non-hydrogen) atoms. The van der Waals surface area contributed by atoms with Crippen LogP contribution >= 0.6 is 23.5 Å². The second kappa shape index (κ2) is 10.4. The van der Waals surface area contributed by atoms with Crippen LogP contribution in [0.4, 0.5) is 0 Å². The lowest BCUT2D eigenvalue weighted by Gasteiger charge is -2.18. The predicted molar refractivity (Wildman–Crippen MR) is 196 cm³/mol. The maximum absolute atomic E-state index is 4.97. The van der Waals surface area contributed by atoms with Crippen LogP contribution in [-0.4, -0.2) is 32.7 Å². The lowest BCUT2D eigenvalue weighted by Crippen LogP contribution is -2.15. The van der Waals surface area contributed by atoms with Gasteiger partial charge in [-0.2, -0.15) is 0 Å². The van der Waals surface area contributed by atoms with Gasteiger partial charge in [0.05, 0.1) is 21.2 Å². The molecular weight excluding hydrogens is 573 g/mol. The van der Waals surface area contributed by atoms with Gasteiger partial charge < -0.3 is 0 Å². The van der Waals surface area contributed by atoms with Crippen LogP contribution < -0.4 is 0 Å². The fourth-order valence-electron chi connectivity index (χ4n) is 6.56. The summed E-state index contributed by atoms with van der Waals surface area (Å²) in [6.07, 6.45) is 0. The first kappa shape index (κ1) is 27.7. The summed E-state index contributed by atoms with van der Waals surface area (Å²) < 4.78 is 0. The van der Waals surface area contributed by atoms with Gasteiger partial charge in [-0.3, -0.25) is 9.98 Å². The number of hydrogen-bond acceptors (Lipinski definition) is 4. The van der Waals surface area contributed by atoms with Gasteiger partial charge in [0, 0.05) is 22.6 Å². The molecule has 0 saturated heterocycles. The Bertz CT molecular complexity index is 2000. The van der Waals surface area contributed by atoms with E-state index in [2.05, 4.69) is 137 Å². The van der Waals surface area contributed by atoms with Crippen molar-refractivity contribution in [2.24, 2.45) is 9.98 Å². The number of thioether (sulfide) groups is 2. The average molecular weight is 607 g/mol. The van der Waals surface area contributed by atoms with Gasteiger partial charge in [0.25, 0.3) is 0 Å². The summed E-state index contributed by atoms with van der Waals surface area (Å²) in [7, 11) is 0. The summed E-state index contributed by atoms with van der Waals surface area (Å²) in [6, 6.07) is 40.5. The first-order valence-corrected chi connectivity index (χ1v) is 17.3. The number of hydrogen-bond donors (Lipinski definition) is 0. The van der Waals surface area contributed by atoms with Crippen molar-refractivity contribution < 1.29 is 0 Å². The molecule has 6 aromatic rings. The van der Waals surface area contributed by atoms with Crippen molar-refractivity contribution in [2.75, 3.05) is 11.5 Å². The minimum absolute atomic E-state index is 0.00284. The van der Waals surface area contributed by atoms with Gasteiger partial charge in [-0.05, 0) is 82.3 Å². The number of rotatable bonds is 4. The smallest absolute Gasteiger partial charge is 0.0984 e. The third-order valence-corrected chi connectivity index (χ3v) is 11.6. The number of fused-ring (bicyclic) bond motifs is 6. The molecule has 0 fully saturated rings. The van der Waals surface area contributed by atoms with Gasteiger partial charge in [-0.25, -0.2) is 0 Å². The van der Waals surface area contributed by atoms with Gasteiger partial charge in [-0.15, -0.1) is 23.5 Å². The van der Waals surface area contributed by atoms with E-state index in [1.54, 1.807) is 0 Å². The molecule has 0 radical (unpaired) electrons. The molecule has 0 spiro atoms. The van der Waals surface area contributed by atoms with Crippen molar-refractivity contribution in [1.82, 2.24) is 0 Å². The van der Waals surface area contributed by atoms with E-state index in [0.717, 1.165) is 21.6 Å². The van der Waals surface area contributed by atoms with Crippen LogP contribution in [0.15, 0.2) is 119 Å². The van der Waals surface area contributed by atoms with E-state index >= 15 is 0 Å². The van der Waals surface area contributed by atoms with Crippen LogP contribution in [0.2, 0.25) is 0 Å². The number of nitrogens with zero attached hydrogens (tertiary/aromatic N) is 2. The van der Waals surface area contributed by atoms with E-state index in [1.807, 2.05) is 23.5 Å². The van der Waals surface area contributed by atoms with Crippen LogP contribution in [0, 0.1) is 0 Å². The van der Waals surface area contributed by atoms with Gasteiger partial charge in [0.2, 0.25) is 0 Å². The molecule has 2 aliphatic rings. The molecule has 2 nitrogen and oxygen atoms in total. The van der Waals surface area contributed by atoms with Gasteiger partial charge in [0.1, 0.15) is 0 Å². The van der Waals surface area contributed by atoms with Crippen molar-refractivity contribution in [2.45, 2.75) is 38.8 Å². The van der Waals surface area contributed by atoms with Gasteiger partial charge in [-0.1, -0.05) is 109 Å². The Morgan fingerprint density at radius 3 is 1.11 bits per heavy atom. The zero-order valence-corrected chi connectivity index (χ0v) is 27.2. The highest BCUT2D eigenvalue weighted by molar-refractivity contribution is 8.15. The Kier molecular flexibility index (Phi) is 6.51. The standard InChI is InChI=1S/C40H34N2S2/c1-39(2)23-43-37(41-39)27-17-13-25(14-18-27)29-21-22-30(26-15-19-28(20-16-26)38-42-40(3,4)24-44-38)36-34-12-8-6-10-32(34)31-9-5-7-11-33(31)35(29)36/h5-22H,23-24H2,1-4H3. The zero-order chi connectivity index (χ0) is 30.1. The van der Waals surface area contributed by atoms with E-state index in [9.17, 15) is 0 Å². The van der Waals surface area contributed by atoms with Crippen molar-refractivity contribution in [3.63, 3.8) is 0 Å². The van der Waals surface area contributed by atoms with Crippen LogP contribution in [-0.2, 0) is 0 Å². The normalized spacial score (nSPS) is 17.4. The maximum atomic E-state index is 4.97. The van der Waals surface area contributed by atoms with E-state index < -0.39 is 0 Å². The fourth-order valence-corrected chi connectivity index (χ4v) is 8.90. The molecule has 8 rings (SSSR count). The summed E-state index contributed by atoms with van der Waals surface area (Å²) >= 11 is 3.72. The predicted octanol–water partition coefficient (Wildman–Crippen LogP) is 11.0. The zero-order valence-electron chi connectivity index (χ0n) is 25.5. The molecular formula is C40H34N2S2. The minimum Gasteiger partial charge on any atom is -0.271 e. The molecule has 0 unspecified atom stereocenters. The lowest BCUT2D eigenvalue weighted by molar-refractivity contribution is 0.605. The molecule has 0 amide bonds. The highest BCUT2D eigenvalue weighted by atomic mass is 32.2. The van der Waals surface area contributed by atoms with E-state index in [1.165, 1.54) is 65.7 Å². The topological polar surface area (TPSA) is 24.7 Å². The fraction of sp³-hybridized carbons (Fsp3) is 0.200. The summed E-state index contributed by atoms with van der Waals surface area (Å²) in [6.45, 7) is 8.84. The Labute approximate surface area is 267 Å². The Balaban J connectivity index is 1.34. The van der Waals surface area contributed by atoms with Crippen molar-refractivity contribution in [3.8, 4) is 22.3 Å². The minimum atomic E-state index is 0.00284. The Morgan fingerprint density at radius 2 is 0.773 bits per heavy atom. The highest BCUT2D eigenvalue weighted by Crippen LogP contribution is 2.45. The number of aliphatic imine (C=N–C) groups is 2. The van der Waals surface area contributed by atoms with Gasteiger partial charge >= 0.3 is 0 Å². The maximum Gasteiger partial charge on any atom is 0.0984 e. The summed E-state index contributed by atoms with van der Waals surface area (Å²) in [5.41, 5.74) is 7.38. The molecule has 6 aromatic carbocycles. The third kappa shape index (κ3) is 4.76. The molecule has 0 saturated carbocycles. The molecule has 216 valence electrons. The van der Waals surface area contributed by atoms with Crippen LogP contribution in [0.1, 0.15) is 38.8 Å². The summed E-state index contributed by atoms with van der Waals surface area (Å²) in [5, 5.41) is 10.1. The van der Waals surface area contributed by atoms with Crippen LogP contribution in [0.3, 0.4) is 0 Å². The highest BCUT2D eigenvalue weighted by Gasteiger charge is 2.27. The molecule has 0 aliphatic carbocycles. The Hall–Kier alpha value is -3.86. The monoisotopic (exact) mass is 606 g/mol. The molecule has 4 heteroatoms. The first-order chi connectivity index (χ1) is 21.3. The van der Waals surface area contributed by atoms with E-state index in [4.69, 9.17) is 9.98 Å². The Morgan fingerprint density at radius 1 is 0.432 bits per heavy atom. The molecule has 0 N–H and O–H groups in total. The third-order valence-electron chi connectivity index (χ3n) is 8.71. The molecule has 0 bridgehead atoms. The number of benzene rings is 6. The largest absolute Gasteiger partial charge is 0.271 e. The SMILES string of the molecule is CC1(C)CSC(c2ccc(-c3ccc(-c4ccc(C5=NC(C)(C)CS5)cc4)c4c5ccccc5c5ccccc5c34)cc2)=N1. The van der Waals surface area contributed by atoms with Gasteiger partial charge in [0.15, 0.2) is 0 Å². The van der Waals surface area contributed by atoms with E-state index in [0.29, 0.717) is 0 Å². The van der Waals surface area contributed by atoms with Crippen LogP contribution in [0.25, 0.3) is 54.6 Å². The lowest BCUT2D eigenvalue weighted by atomic mass is 9.85. The van der Waals surface area contributed by atoms with Crippen molar-refractivity contribution in [3.05, 3.63) is 120 Å². The second-order valence-corrected chi connectivity index (χ2v) is 15.1.